The van der Waals surface area contributed by atoms with Gasteiger partial charge in [-0.1, -0.05) is 20.8 Å². The van der Waals surface area contributed by atoms with Crippen LogP contribution in [0.2, 0.25) is 0 Å². The fourth-order valence-corrected chi connectivity index (χ4v) is 2.05. The lowest BCUT2D eigenvalue weighted by Crippen LogP contribution is -2.45. The Balaban J connectivity index is 2.70. The Morgan fingerprint density at radius 1 is 1.53 bits per heavy atom. The van der Waals surface area contributed by atoms with Crippen LogP contribution in [-0.4, -0.2) is 30.4 Å². The third kappa shape index (κ3) is 2.51. The van der Waals surface area contributed by atoms with E-state index in [1.54, 1.807) is 0 Å². The Morgan fingerprint density at radius 3 is 2.47 bits per heavy atom. The van der Waals surface area contributed by atoms with E-state index in [1.807, 2.05) is 18.7 Å². The van der Waals surface area contributed by atoms with Gasteiger partial charge in [-0.15, -0.1) is 0 Å². The van der Waals surface area contributed by atoms with Crippen molar-refractivity contribution in [3.05, 3.63) is 0 Å². The maximum Gasteiger partial charge on any atom is 0.229 e. The van der Waals surface area contributed by atoms with Gasteiger partial charge in [0.2, 0.25) is 5.91 Å². The Morgan fingerprint density at radius 2 is 2.13 bits per heavy atom. The lowest BCUT2D eigenvalue weighted by Gasteiger charge is -2.31. The van der Waals surface area contributed by atoms with E-state index in [1.165, 1.54) is 0 Å². The fourth-order valence-electron chi connectivity index (χ4n) is 2.05. The van der Waals surface area contributed by atoms with Crippen molar-refractivity contribution in [3.63, 3.8) is 0 Å². The molecule has 1 amide bonds. The van der Waals surface area contributed by atoms with Crippen LogP contribution in [0.5, 0.6) is 0 Å². The number of likely N-dealkylation sites (tertiary alicyclic amines) is 1. The summed E-state index contributed by atoms with van der Waals surface area (Å²) in [5, 5.41) is 0. The summed E-state index contributed by atoms with van der Waals surface area (Å²) in [6.07, 6.45) is 1.92. The van der Waals surface area contributed by atoms with Gasteiger partial charge in [0, 0.05) is 19.6 Å². The van der Waals surface area contributed by atoms with Gasteiger partial charge in [-0.3, -0.25) is 4.79 Å². The summed E-state index contributed by atoms with van der Waals surface area (Å²) in [5.74, 6) is 0.234. The summed E-state index contributed by atoms with van der Waals surface area (Å²) in [4.78, 5) is 14.2. The van der Waals surface area contributed by atoms with E-state index in [0.29, 0.717) is 6.54 Å². The second-order valence-corrected chi connectivity index (χ2v) is 5.76. The van der Waals surface area contributed by atoms with Crippen molar-refractivity contribution in [2.24, 2.45) is 16.6 Å². The Labute approximate surface area is 93.0 Å². The molecule has 0 bridgehead atoms. The molecule has 1 unspecified atom stereocenters. The molecule has 0 aromatic heterocycles. The smallest absolute Gasteiger partial charge is 0.229 e. The van der Waals surface area contributed by atoms with E-state index in [-0.39, 0.29) is 16.7 Å². The van der Waals surface area contributed by atoms with Crippen molar-refractivity contribution in [1.82, 2.24) is 4.90 Å². The summed E-state index contributed by atoms with van der Waals surface area (Å²) < 4.78 is 0. The topological polar surface area (TPSA) is 46.3 Å². The zero-order chi connectivity index (χ0) is 11.7. The highest BCUT2D eigenvalue weighted by Gasteiger charge is 2.39. The fraction of sp³-hybridized carbons (Fsp3) is 0.917. The summed E-state index contributed by atoms with van der Waals surface area (Å²) in [7, 11) is 0. The van der Waals surface area contributed by atoms with Crippen LogP contribution in [0.25, 0.3) is 0 Å². The number of carbonyl (C=O) groups is 1. The molecular formula is C12H24N2O. The van der Waals surface area contributed by atoms with Crippen LogP contribution in [0.1, 0.15) is 40.5 Å². The Bertz CT molecular complexity index is 244. The molecule has 0 saturated carbocycles. The second-order valence-electron chi connectivity index (χ2n) is 5.76. The van der Waals surface area contributed by atoms with Gasteiger partial charge in [-0.05, 0) is 25.2 Å². The number of nitrogens with zero attached hydrogens (tertiary/aromatic N) is 1. The summed E-state index contributed by atoms with van der Waals surface area (Å²) in [5.41, 5.74) is 5.62. The number of hydrogen-bond donors (Lipinski definition) is 1. The predicted octanol–water partition coefficient (Wildman–Crippen LogP) is 1.62. The number of amides is 1. The molecule has 1 fully saturated rings. The van der Waals surface area contributed by atoms with E-state index >= 15 is 0 Å². The number of rotatable bonds is 3. The molecule has 1 atom stereocenters. The first-order valence-electron chi connectivity index (χ1n) is 5.84. The third-order valence-corrected chi connectivity index (χ3v) is 3.71. The highest BCUT2D eigenvalue weighted by molar-refractivity contribution is 5.82. The lowest BCUT2D eigenvalue weighted by atomic mass is 9.86. The van der Waals surface area contributed by atoms with E-state index in [2.05, 4.69) is 13.8 Å². The summed E-state index contributed by atoms with van der Waals surface area (Å²) in [6.45, 7) is 10.6. The molecule has 1 aliphatic rings. The van der Waals surface area contributed by atoms with Gasteiger partial charge in [0.25, 0.3) is 0 Å². The Kier molecular flexibility index (Phi) is 3.44. The van der Waals surface area contributed by atoms with Crippen LogP contribution < -0.4 is 5.73 Å². The maximum atomic E-state index is 12.3. The number of hydrogen-bond acceptors (Lipinski definition) is 2. The molecule has 2 N–H and O–H groups in total. The van der Waals surface area contributed by atoms with Crippen LogP contribution in [0, 0.1) is 10.8 Å². The molecule has 0 aromatic carbocycles. The minimum atomic E-state index is -0.361. The second kappa shape index (κ2) is 4.12. The molecule has 0 aliphatic carbocycles. The van der Waals surface area contributed by atoms with E-state index in [9.17, 15) is 4.79 Å². The van der Waals surface area contributed by atoms with Crippen LogP contribution in [0.3, 0.4) is 0 Å². The van der Waals surface area contributed by atoms with Crippen molar-refractivity contribution in [1.29, 1.82) is 0 Å². The highest BCUT2D eigenvalue weighted by Crippen LogP contribution is 2.32. The molecule has 15 heavy (non-hydrogen) atoms. The zero-order valence-corrected chi connectivity index (χ0v) is 10.5. The van der Waals surface area contributed by atoms with Gasteiger partial charge in [0.05, 0.1) is 5.41 Å². The average Bonchev–Trinajstić information content (AvgIpc) is 2.56. The van der Waals surface area contributed by atoms with Gasteiger partial charge < -0.3 is 10.6 Å². The zero-order valence-electron chi connectivity index (χ0n) is 10.5. The molecule has 0 spiro atoms. The number of nitrogens with two attached hydrogens (primary N) is 1. The van der Waals surface area contributed by atoms with Crippen molar-refractivity contribution in [2.75, 3.05) is 19.6 Å². The first-order chi connectivity index (χ1) is 6.84. The number of carbonyl (C=O) groups excluding carboxylic acids is 1. The van der Waals surface area contributed by atoms with Crippen molar-refractivity contribution < 1.29 is 4.79 Å². The quantitative estimate of drug-likeness (QED) is 0.772. The van der Waals surface area contributed by atoms with Crippen molar-refractivity contribution in [2.45, 2.75) is 40.5 Å². The summed E-state index contributed by atoms with van der Waals surface area (Å²) in [6, 6.07) is 0. The minimum absolute atomic E-state index is 0.234. The van der Waals surface area contributed by atoms with Crippen molar-refractivity contribution in [3.8, 4) is 0 Å². The molecule has 1 saturated heterocycles. The first kappa shape index (κ1) is 12.5. The molecule has 88 valence electrons. The molecule has 0 aromatic rings. The molecule has 0 radical (unpaired) electrons. The molecule has 1 heterocycles. The molecule has 3 heteroatoms. The largest absolute Gasteiger partial charge is 0.342 e. The van der Waals surface area contributed by atoms with Gasteiger partial charge in [0.15, 0.2) is 0 Å². The van der Waals surface area contributed by atoms with E-state index < -0.39 is 0 Å². The van der Waals surface area contributed by atoms with Crippen molar-refractivity contribution >= 4 is 5.91 Å². The molecule has 1 rings (SSSR count). The molecular weight excluding hydrogens is 188 g/mol. The van der Waals surface area contributed by atoms with Gasteiger partial charge in [-0.25, -0.2) is 0 Å². The monoisotopic (exact) mass is 212 g/mol. The van der Waals surface area contributed by atoms with Crippen LogP contribution in [-0.2, 0) is 4.79 Å². The van der Waals surface area contributed by atoms with Gasteiger partial charge in [0.1, 0.15) is 0 Å². The molecule has 1 aliphatic heterocycles. The standard InChI is InChI=1S/C12H24N2O/c1-5-12(4,8-13)10(15)14-7-6-11(2,3)9-14/h5-9,13H2,1-4H3. The SMILES string of the molecule is CCC(C)(CN)C(=O)N1CCC(C)(C)C1. The Hall–Kier alpha value is -0.570. The first-order valence-corrected chi connectivity index (χ1v) is 5.84. The van der Waals surface area contributed by atoms with Crippen LogP contribution >= 0.6 is 0 Å². The maximum absolute atomic E-state index is 12.3. The van der Waals surface area contributed by atoms with E-state index in [0.717, 1.165) is 25.9 Å². The lowest BCUT2D eigenvalue weighted by molar-refractivity contribution is -0.140. The third-order valence-electron chi connectivity index (χ3n) is 3.71. The van der Waals surface area contributed by atoms with E-state index in [4.69, 9.17) is 5.73 Å². The minimum Gasteiger partial charge on any atom is -0.342 e. The van der Waals surface area contributed by atoms with Crippen LogP contribution in [0.15, 0.2) is 0 Å². The van der Waals surface area contributed by atoms with Crippen LogP contribution in [0.4, 0.5) is 0 Å². The van der Waals surface area contributed by atoms with Gasteiger partial charge >= 0.3 is 0 Å². The van der Waals surface area contributed by atoms with Gasteiger partial charge in [-0.2, -0.15) is 0 Å². The predicted molar refractivity (Wildman–Crippen MR) is 62.4 cm³/mol. The molecule has 3 nitrogen and oxygen atoms in total. The summed E-state index contributed by atoms with van der Waals surface area (Å²) >= 11 is 0. The highest BCUT2D eigenvalue weighted by atomic mass is 16.2. The average molecular weight is 212 g/mol. The normalized spacial score (nSPS) is 23.9.